The summed E-state index contributed by atoms with van der Waals surface area (Å²) < 4.78 is 53.5. The molecule has 192 valence electrons. The molecule has 0 aliphatic heterocycles. The molecule has 0 aromatic heterocycles. The number of sulfone groups is 1. The van der Waals surface area contributed by atoms with E-state index in [9.17, 15) is 27.4 Å². The molecule has 0 saturated heterocycles. The van der Waals surface area contributed by atoms with Gasteiger partial charge in [0, 0.05) is 12.8 Å². The Hall–Kier alpha value is -1.31. The van der Waals surface area contributed by atoms with E-state index in [0.29, 0.717) is 18.4 Å². The zero-order chi connectivity index (χ0) is 25.7. The van der Waals surface area contributed by atoms with Gasteiger partial charge >= 0.3 is 5.25 Å². The lowest BCUT2D eigenvalue weighted by molar-refractivity contribution is 0.0632. The first-order chi connectivity index (χ1) is 15.5. The average molecular weight is 499 g/mol. The molecule has 2 N–H and O–H groups in total. The summed E-state index contributed by atoms with van der Waals surface area (Å²) in [5.41, 5.74) is 3.37. The first kappa shape index (κ1) is 27.3. The molecule has 3 aliphatic carbocycles. The van der Waals surface area contributed by atoms with Crippen LogP contribution >= 0.6 is 0 Å². The molecule has 7 heteroatoms. The normalized spacial score (nSPS) is 34.3. The third-order valence-corrected chi connectivity index (χ3v) is 10.7. The lowest BCUT2D eigenvalue weighted by Crippen LogP contribution is -2.43. The number of aliphatic hydroxyl groups is 2. The van der Waals surface area contributed by atoms with Crippen molar-refractivity contribution in [2.75, 3.05) is 0 Å². The lowest BCUT2D eigenvalue weighted by Gasteiger charge is -2.43. The molecule has 0 amide bonds. The van der Waals surface area contributed by atoms with Crippen LogP contribution in [0.15, 0.2) is 47.1 Å². The Kier molecular flexibility index (Phi) is 7.45. The summed E-state index contributed by atoms with van der Waals surface area (Å²) in [5, 5.41) is 16.3. The number of allylic oxidation sites excluding steroid dienone is 5. The molecule has 5 atom stereocenters. The summed E-state index contributed by atoms with van der Waals surface area (Å²) in [5.74, 6) is -0.377. The van der Waals surface area contributed by atoms with Gasteiger partial charge in [-0.05, 0) is 81.3 Å². The summed E-state index contributed by atoms with van der Waals surface area (Å²) in [4.78, 5) is 0. The van der Waals surface area contributed by atoms with Crippen molar-refractivity contribution >= 4 is 9.84 Å². The van der Waals surface area contributed by atoms with Gasteiger partial charge in [-0.25, -0.2) is 8.42 Å². The Bertz CT molecular complexity index is 1020. The van der Waals surface area contributed by atoms with Gasteiger partial charge in [-0.15, -0.1) is 0 Å². The molecule has 0 unspecified atom stereocenters. The lowest BCUT2D eigenvalue weighted by atomic mass is 9.62. The van der Waals surface area contributed by atoms with Gasteiger partial charge in [0.2, 0.25) is 9.84 Å². The maximum atomic E-state index is 15.0. The molecule has 34 heavy (non-hydrogen) atoms. The molecular formula is C27H40F2O4S. The molecule has 2 saturated carbocycles. The Morgan fingerprint density at radius 3 is 2.53 bits per heavy atom. The van der Waals surface area contributed by atoms with Crippen LogP contribution in [0.3, 0.4) is 0 Å². The molecule has 0 aromatic carbocycles. The third kappa shape index (κ3) is 4.85. The predicted octanol–water partition coefficient (Wildman–Crippen LogP) is 5.88. The fraction of sp³-hybridized carbons (Fsp3) is 0.704. The van der Waals surface area contributed by atoms with Crippen LogP contribution in [0.2, 0.25) is 0 Å². The first-order valence-electron chi connectivity index (χ1n) is 12.3. The minimum absolute atomic E-state index is 0.176. The molecule has 2 fully saturated rings. The quantitative estimate of drug-likeness (QED) is 0.464. The van der Waals surface area contributed by atoms with Crippen LogP contribution in [0.1, 0.15) is 79.6 Å². The minimum atomic E-state index is -4.62. The molecule has 4 nitrogen and oxygen atoms in total. The van der Waals surface area contributed by atoms with E-state index < -0.39 is 44.4 Å². The highest BCUT2D eigenvalue weighted by Crippen LogP contribution is 2.57. The number of aliphatic hydroxyl groups excluding tert-OH is 2. The highest BCUT2D eigenvalue weighted by atomic mass is 32.2. The molecule has 3 aliphatic rings. The number of hydrogen-bond donors (Lipinski definition) is 2. The highest BCUT2D eigenvalue weighted by Gasteiger charge is 2.54. The Labute approximate surface area is 203 Å². The van der Waals surface area contributed by atoms with E-state index in [2.05, 4.69) is 25.7 Å². The monoisotopic (exact) mass is 498 g/mol. The molecular weight excluding hydrogens is 458 g/mol. The van der Waals surface area contributed by atoms with Crippen molar-refractivity contribution in [3.63, 3.8) is 0 Å². The highest BCUT2D eigenvalue weighted by molar-refractivity contribution is 7.93. The smallest absolute Gasteiger partial charge is 0.346 e. The maximum Gasteiger partial charge on any atom is 0.346 e. The zero-order valence-electron chi connectivity index (χ0n) is 21.1. The van der Waals surface area contributed by atoms with Gasteiger partial charge in [0.05, 0.1) is 17.0 Å². The molecule has 0 heterocycles. The van der Waals surface area contributed by atoms with Crippen molar-refractivity contribution in [2.24, 2.45) is 17.3 Å². The van der Waals surface area contributed by atoms with Gasteiger partial charge < -0.3 is 10.2 Å². The summed E-state index contributed by atoms with van der Waals surface area (Å²) in [7, 11) is -4.62. The number of alkyl halides is 2. The second-order valence-electron chi connectivity index (χ2n) is 11.6. The van der Waals surface area contributed by atoms with E-state index in [1.165, 1.54) is 26.3 Å². The van der Waals surface area contributed by atoms with Crippen molar-refractivity contribution in [1.82, 2.24) is 0 Å². The second kappa shape index (κ2) is 9.29. The van der Waals surface area contributed by atoms with Gasteiger partial charge in [0.15, 0.2) is 0 Å². The number of halogens is 2. The standard InChI is InChI=1S/C27H40F2O4S/c1-17(16-27(28,29)34(32,33)25(3,4)5)22-11-12-23-19(8-7-13-26(22,23)6)9-10-20-14-21(30)15-24(31)18(20)2/h9-11,17,21,23-24,30-31H,2,7-8,12-16H2,1,3-6H3/t17-,21-,23+,24+,26-/m1/s1. The van der Waals surface area contributed by atoms with E-state index in [4.69, 9.17) is 0 Å². The summed E-state index contributed by atoms with van der Waals surface area (Å²) in [6, 6.07) is 0. The fourth-order valence-corrected chi connectivity index (χ4v) is 7.47. The van der Waals surface area contributed by atoms with Crippen molar-refractivity contribution in [3.8, 4) is 0 Å². The van der Waals surface area contributed by atoms with Crippen LogP contribution < -0.4 is 0 Å². The largest absolute Gasteiger partial charge is 0.393 e. The van der Waals surface area contributed by atoms with Crippen molar-refractivity contribution in [1.29, 1.82) is 0 Å². The summed E-state index contributed by atoms with van der Waals surface area (Å²) >= 11 is 0. The Balaban J connectivity index is 1.82. The Morgan fingerprint density at radius 1 is 1.26 bits per heavy atom. The van der Waals surface area contributed by atoms with E-state index in [1.54, 1.807) is 6.92 Å². The van der Waals surface area contributed by atoms with Crippen molar-refractivity contribution in [3.05, 3.63) is 47.1 Å². The summed E-state index contributed by atoms with van der Waals surface area (Å²) in [6.07, 6.45) is 8.24. The van der Waals surface area contributed by atoms with Crippen LogP contribution in [0.25, 0.3) is 0 Å². The average Bonchev–Trinajstić information content (AvgIpc) is 3.06. The predicted molar refractivity (Wildman–Crippen MR) is 132 cm³/mol. The zero-order valence-corrected chi connectivity index (χ0v) is 21.9. The first-order valence-corrected chi connectivity index (χ1v) is 13.8. The van der Waals surface area contributed by atoms with Crippen LogP contribution in [0.5, 0.6) is 0 Å². The van der Waals surface area contributed by atoms with E-state index in [1.807, 2.05) is 6.08 Å². The van der Waals surface area contributed by atoms with Gasteiger partial charge in [-0.3, -0.25) is 0 Å². The summed E-state index contributed by atoms with van der Waals surface area (Å²) in [6.45, 7) is 11.8. The SMILES string of the molecule is C=C1C(=CC=C2CCC[C@]3(C)C([C@H](C)CC(F)(F)S(=O)(=O)C(C)(C)C)=CC[C@@H]23)C[C@@H](O)C[C@@H]1O. The van der Waals surface area contributed by atoms with Crippen LogP contribution in [0, 0.1) is 17.3 Å². The van der Waals surface area contributed by atoms with Gasteiger partial charge in [-0.1, -0.05) is 49.8 Å². The van der Waals surface area contributed by atoms with Gasteiger partial charge in [0.1, 0.15) is 0 Å². The number of hydrogen-bond acceptors (Lipinski definition) is 4. The topological polar surface area (TPSA) is 74.6 Å². The molecule has 0 aromatic rings. The molecule has 0 bridgehead atoms. The van der Waals surface area contributed by atoms with Crippen LogP contribution in [-0.4, -0.2) is 40.8 Å². The van der Waals surface area contributed by atoms with Crippen molar-refractivity contribution < 1.29 is 27.4 Å². The second-order valence-corrected chi connectivity index (χ2v) is 14.5. The van der Waals surface area contributed by atoms with E-state index in [-0.39, 0.29) is 11.3 Å². The van der Waals surface area contributed by atoms with E-state index in [0.717, 1.165) is 36.8 Å². The van der Waals surface area contributed by atoms with Crippen LogP contribution in [0.4, 0.5) is 8.78 Å². The fourth-order valence-electron chi connectivity index (χ4n) is 6.10. The van der Waals surface area contributed by atoms with Gasteiger partial charge in [-0.2, -0.15) is 8.78 Å². The molecule has 0 spiro atoms. The van der Waals surface area contributed by atoms with Crippen LogP contribution in [-0.2, 0) is 9.84 Å². The Morgan fingerprint density at radius 2 is 1.91 bits per heavy atom. The van der Waals surface area contributed by atoms with Gasteiger partial charge in [0.25, 0.3) is 0 Å². The number of fused-ring (bicyclic) bond motifs is 1. The molecule has 3 rings (SSSR count). The molecule has 0 radical (unpaired) electrons. The van der Waals surface area contributed by atoms with Crippen molar-refractivity contribution in [2.45, 2.75) is 102 Å². The van der Waals surface area contributed by atoms with E-state index >= 15 is 0 Å². The minimum Gasteiger partial charge on any atom is -0.393 e. The number of rotatable bonds is 5. The third-order valence-electron chi connectivity index (χ3n) is 8.15. The maximum absolute atomic E-state index is 15.0.